The smallest absolute Gasteiger partial charge is 0.309 e. The lowest BCUT2D eigenvalue weighted by Gasteiger charge is -2.50. The van der Waals surface area contributed by atoms with Crippen molar-refractivity contribution >= 4 is 23.7 Å². The Bertz CT molecular complexity index is 2190. The molecule has 1 unspecified atom stereocenters. The highest BCUT2D eigenvalue weighted by Gasteiger charge is 2.53. The van der Waals surface area contributed by atoms with Crippen LogP contribution in [0.2, 0.25) is 0 Å². The highest BCUT2D eigenvalue weighted by Crippen LogP contribution is 2.40. The first-order valence-corrected chi connectivity index (χ1v) is 29.1. The molecule has 3 fully saturated rings. The number of ketones is 1. The predicted octanol–water partition coefficient (Wildman–Crippen LogP) is 6.14. The van der Waals surface area contributed by atoms with E-state index in [-0.39, 0.29) is 43.5 Å². The molecule has 0 saturated carbocycles. The number of nitrogens with zero attached hydrogens (tertiary/aromatic N) is 2. The number of ether oxygens (including phenoxy) is 11. The number of cyclic esters (lactones) is 1. The second-order valence-corrected chi connectivity index (χ2v) is 24.0. The van der Waals surface area contributed by atoms with Gasteiger partial charge in [-0.05, 0) is 98.1 Å². The number of carbonyl (C=O) groups is 4. The maximum Gasteiger partial charge on any atom is 0.309 e. The summed E-state index contributed by atoms with van der Waals surface area (Å²) < 4.78 is 68.5. The van der Waals surface area contributed by atoms with Crippen LogP contribution in [0.4, 0.5) is 0 Å². The zero-order valence-corrected chi connectivity index (χ0v) is 51.0. The zero-order valence-electron chi connectivity index (χ0n) is 51.0. The van der Waals surface area contributed by atoms with Gasteiger partial charge in [-0.3, -0.25) is 19.2 Å². The van der Waals surface area contributed by atoms with Gasteiger partial charge in [-0.15, -0.1) is 0 Å². The fourth-order valence-corrected chi connectivity index (χ4v) is 11.9. The number of aliphatic hydroxyl groups is 3. The van der Waals surface area contributed by atoms with Crippen LogP contribution < -0.4 is 0 Å². The van der Waals surface area contributed by atoms with Gasteiger partial charge in [-0.1, -0.05) is 89.6 Å². The maximum absolute atomic E-state index is 14.5. The third-order valence-electron chi connectivity index (χ3n) is 16.3. The van der Waals surface area contributed by atoms with Crippen LogP contribution in [0.15, 0.2) is 54.1 Å². The molecule has 0 amide bonds. The summed E-state index contributed by atoms with van der Waals surface area (Å²) in [4.78, 5) is 58.8. The first-order valence-electron chi connectivity index (χ1n) is 29.1. The molecule has 20 nitrogen and oxygen atoms in total. The molecular formula is C61H98N2O18. The van der Waals surface area contributed by atoms with Gasteiger partial charge in [0.15, 0.2) is 30.8 Å². The lowest BCUT2D eigenvalue weighted by molar-refractivity contribution is -0.378. The summed E-state index contributed by atoms with van der Waals surface area (Å²) in [6, 6.07) is 9.28. The number of hydrogen-bond donors (Lipinski definition) is 3. The van der Waals surface area contributed by atoms with E-state index in [4.69, 9.17) is 52.1 Å². The van der Waals surface area contributed by atoms with Gasteiger partial charge < -0.3 is 77.2 Å². The predicted molar refractivity (Wildman–Crippen MR) is 300 cm³/mol. The molecule has 0 spiro atoms. The molecule has 0 aromatic heterocycles. The van der Waals surface area contributed by atoms with Gasteiger partial charge in [0.1, 0.15) is 42.7 Å². The second-order valence-electron chi connectivity index (χ2n) is 24.0. The van der Waals surface area contributed by atoms with Crippen molar-refractivity contribution in [3.05, 3.63) is 59.7 Å². The lowest BCUT2D eigenvalue weighted by Crippen LogP contribution is -2.65. The molecule has 4 aliphatic rings. The largest absolute Gasteiger partial charge is 0.462 e. The van der Waals surface area contributed by atoms with E-state index >= 15 is 0 Å². The first kappa shape index (κ1) is 68.0. The molecule has 460 valence electrons. The molecule has 4 heterocycles. The quantitative estimate of drug-likeness (QED) is 0.0982. The molecule has 0 bridgehead atoms. The number of hydrogen-bond acceptors (Lipinski definition) is 20. The van der Waals surface area contributed by atoms with Crippen LogP contribution >= 0.6 is 0 Å². The van der Waals surface area contributed by atoms with Crippen LogP contribution in [-0.4, -0.2) is 195 Å². The van der Waals surface area contributed by atoms with Gasteiger partial charge >= 0.3 is 17.9 Å². The van der Waals surface area contributed by atoms with E-state index < -0.39 is 139 Å². The minimum atomic E-state index is -1.89. The molecule has 3 saturated heterocycles. The number of rotatable bonds is 20. The lowest BCUT2D eigenvalue weighted by atomic mass is 9.79. The SMILES string of the molecule is CC[C@H]1OC(=O)C[C@@H](OC(C)=O)C(C)[C@@H](O[C@H]2O[C@H](C)[C@@H](O[C@@H]3C[C@@H](C)[C@H](OC(=O)CC(C)C)[C@](C)(O)O3)[C@H](N(C)C)[C@H]2O)[C@@H](CCN(C)Cc2ccccc2)C[C@@H](C)C(=O)/C=C/C(C)=C/[C@@H]1CO[C@@H]1O[C@H](C)[C@@H](O)[C@@H](OC)[C@H]1OC. The molecule has 5 rings (SSSR count). The van der Waals surface area contributed by atoms with E-state index in [1.165, 1.54) is 28.1 Å². The normalized spacial score (nSPS) is 38.8. The van der Waals surface area contributed by atoms with Crippen molar-refractivity contribution in [1.29, 1.82) is 0 Å². The number of benzene rings is 1. The summed E-state index contributed by atoms with van der Waals surface area (Å²) in [6.07, 6.45) is -6.70. The highest BCUT2D eigenvalue weighted by molar-refractivity contribution is 5.91. The van der Waals surface area contributed by atoms with Crippen molar-refractivity contribution in [3.8, 4) is 0 Å². The van der Waals surface area contributed by atoms with Crippen LogP contribution in [0.5, 0.6) is 0 Å². The number of aliphatic hydroxyl groups excluding tert-OH is 2. The highest BCUT2D eigenvalue weighted by atomic mass is 16.8. The number of allylic oxidation sites excluding steroid dienone is 3. The average molecular weight is 1150 g/mol. The van der Waals surface area contributed by atoms with Crippen molar-refractivity contribution in [1.82, 2.24) is 9.80 Å². The second kappa shape index (κ2) is 31.4. The molecule has 21 atom stereocenters. The molecule has 81 heavy (non-hydrogen) atoms. The third kappa shape index (κ3) is 19.1. The fourth-order valence-electron chi connectivity index (χ4n) is 11.9. The first-order chi connectivity index (χ1) is 38.2. The van der Waals surface area contributed by atoms with Gasteiger partial charge in [0, 0.05) is 64.2 Å². The van der Waals surface area contributed by atoms with E-state index in [1.54, 1.807) is 40.1 Å². The van der Waals surface area contributed by atoms with Crippen LogP contribution in [0.3, 0.4) is 0 Å². The fraction of sp³-hybridized carbons (Fsp3) is 0.770. The van der Waals surface area contributed by atoms with Gasteiger partial charge in [-0.25, -0.2) is 0 Å². The summed E-state index contributed by atoms with van der Waals surface area (Å²) in [5, 5.41) is 34.9. The summed E-state index contributed by atoms with van der Waals surface area (Å²) in [5.41, 5.74) is 1.82. The number of carbonyl (C=O) groups excluding carboxylic acids is 4. The van der Waals surface area contributed by atoms with Gasteiger partial charge in [0.2, 0.25) is 5.79 Å². The molecular weight excluding hydrogens is 1050 g/mol. The van der Waals surface area contributed by atoms with Crippen LogP contribution in [0.1, 0.15) is 120 Å². The summed E-state index contributed by atoms with van der Waals surface area (Å²) in [6.45, 7) is 20.5. The van der Waals surface area contributed by atoms with Crippen LogP contribution in [0, 0.1) is 35.5 Å². The average Bonchev–Trinajstić information content (AvgIpc) is 3.41. The number of esters is 3. The van der Waals surface area contributed by atoms with Crippen molar-refractivity contribution in [2.45, 2.75) is 219 Å². The third-order valence-corrected chi connectivity index (χ3v) is 16.3. The Hall–Kier alpha value is -3.74. The van der Waals surface area contributed by atoms with Crippen molar-refractivity contribution in [2.75, 3.05) is 48.5 Å². The molecule has 20 heteroatoms. The van der Waals surface area contributed by atoms with E-state index in [1.807, 2.05) is 84.7 Å². The van der Waals surface area contributed by atoms with E-state index in [9.17, 15) is 34.5 Å². The molecule has 1 aromatic rings. The Labute approximate surface area is 481 Å². The van der Waals surface area contributed by atoms with Gasteiger partial charge in [0.25, 0.3) is 0 Å². The number of likely N-dealkylation sites (N-methyl/N-ethyl adjacent to an activating group) is 1. The topological polar surface area (TPSA) is 237 Å². The number of methoxy groups -OCH3 is 2. The Balaban J connectivity index is 1.50. The molecule has 1 aromatic carbocycles. The molecule has 0 radical (unpaired) electrons. The van der Waals surface area contributed by atoms with Crippen molar-refractivity contribution in [3.63, 3.8) is 0 Å². The van der Waals surface area contributed by atoms with Crippen LogP contribution in [-0.2, 0) is 77.8 Å². The van der Waals surface area contributed by atoms with Crippen molar-refractivity contribution < 1.29 is 86.6 Å². The Morgan fingerprint density at radius 3 is 2.12 bits per heavy atom. The molecule has 3 N–H and O–H groups in total. The van der Waals surface area contributed by atoms with Gasteiger partial charge in [-0.2, -0.15) is 0 Å². The van der Waals surface area contributed by atoms with Crippen molar-refractivity contribution in [2.24, 2.45) is 35.5 Å². The standard InChI is InChI=1S/C61H98N2O18/c1-17-46-44(33-73-60-57(72-16)56(71-15)52(68)39(8)74-60)28-35(4)23-24-45(65)36(5)29-43(25-26-63(14)32-42-21-19-18-20-22-42)54(38(7)47(76-41(10)64)31-49(67)77-46)80-59-53(69)51(62(12)13)55(40(9)75-59)79-50-30-37(6)58(61(11,70)81-50)78-48(66)27-34(2)3/h18-24,28,34,36-40,43-44,46-47,50-60,68-70H,17,25-27,29-33H2,1-16H3/b24-23+,35-28+/t36-,37-,38?,39-,40-,43+,44-,46-,47-,50+,51-,52-,53-,54-,55-,56-,57-,58+,59-,60-,61-/m1/s1. The van der Waals surface area contributed by atoms with Gasteiger partial charge in [0.05, 0.1) is 37.4 Å². The summed E-state index contributed by atoms with van der Waals surface area (Å²) >= 11 is 0. The Morgan fingerprint density at radius 2 is 1.52 bits per heavy atom. The molecule has 0 aliphatic carbocycles. The van der Waals surface area contributed by atoms with E-state index in [0.29, 0.717) is 37.9 Å². The van der Waals surface area contributed by atoms with E-state index in [2.05, 4.69) is 17.0 Å². The zero-order chi connectivity index (χ0) is 60.0. The minimum absolute atomic E-state index is 0.0169. The molecule has 4 aliphatic heterocycles. The summed E-state index contributed by atoms with van der Waals surface area (Å²) in [5.74, 6) is -6.41. The Morgan fingerprint density at radius 1 is 0.852 bits per heavy atom. The summed E-state index contributed by atoms with van der Waals surface area (Å²) in [7, 11) is 8.56. The van der Waals surface area contributed by atoms with E-state index in [0.717, 1.165) is 5.56 Å². The maximum atomic E-state index is 14.5. The van der Waals surface area contributed by atoms with Crippen LogP contribution in [0.25, 0.3) is 0 Å². The Kier molecular flexibility index (Phi) is 26.4. The minimum Gasteiger partial charge on any atom is -0.462 e. The monoisotopic (exact) mass is 1150 g/mol.